The van der Waals surface area contributed by atoms with Crippen molar-refractivity contribution >= 4 is 31.6 Å². The van der Waals surface area contributed by atoms with Gasteiger partial charge >= 0.3 is 0 Å². The molecule has 19 heavy (non-hydrogen) atoms. The lowest BCUT2D eigenvalue weighted by Gasteiger charge is -2.40. The van der Waals surface area contributed by atoms with E-state index in [1.807, 2.05) is 13.8 Å². The Hall–Kier alpha value is -0.630. The predicted octanol–water partition coefficient (Wildman–Crippen LogP) is 1.83. The second kappa shape index (κ2) is 5.05. The number of halogens is 1. The molecule has 1 fully saturated rings. The Labute approximate surface area is 121 Å². The molecule has 0 unspecified atom stereocenters. The highest BCUT2D eigenvalue weighted by atomic mass is 79.9. The predicted molar refractivity (Wildman–Crippen MR) is 77.3 cm³/mol. The fourth-order valence-electron chi connectivity index (χ4n) is 2.14. The van der Waals surface area contributed by atoms with Crippen LogP contribution in [0.3, 0.4) is 0 Å². The summed E-state index contributed by atoms with van der Waals surface area (Å²) in [6, 6.07) is 4.85. The van der Waals surface area contributed by atoms with Crippen LogP contribution in [-0.4, -0.2) is 38.0 Å². The van der Waals surface area contributed by atoms with E-state index in [1.165, 1.54) is 10.4 Å². The number of rotatable bonds is 2. The van der Waals surface area contributed by atoms with Crippen LogP contribution in [0.5, 0.6) is 0 Å². The fourth-order valence-corrected chi connectivity index (χ4v) is 4.55. The maximum Gasteiger partial charge on any atom is 0.245 e. The van der Waals surface area contributed by atoms with Crippen LogP contribution in [-0.2, 0) is 14.8 Å². The summed E-state index contributed by atoms with van der Waals surface area (Å²) in [6.45, 7) is 4.80. The second-order valence-electron chi connectivity index (χ2n) is 5.12. The van der Waals surface area contributed by atoms with Crippen molar-refractivity contribution in [3.8, 4) is 0 Å². The number of sulfonamides is 1. The summed E-state index contributed by atoms with van der Waals surface area (Å²) in [7, 11) is -3.62. The van der Waals surface area contributed by atoms with Gasteiger partial charge in [0.1, 0.15) is 4.90 Å². The van der Waals surface area contributed by atoms with Crippen LogP contribution in [0.25, 0.3) is 0 Å². The lowest BCUT2D eigenvalue weighted by molar-refractivity contribution is -0.00769. The number of ether oxygens (including phenoxy) is 1. The van der Waals surface area contributed by atoms with Crippen molar-refractivity contribution < 1.29 is 13.2 Å². The Balaban J connectivity index is 2.50. The molecule has 1 aliphatic heterocycles. The van der Waals surface area contributed by atoms with Crippen molar-refractivity contribution in [2.24, 2.45) is 0 Å². The van der Waals surface area contributed by atoms with Gasteiger partial charge in [-0.3, -0.25) is 0 Å². The first kappa shape index (κ1) is 14.8. The molecule has 0 aliphatic carbocycles. The molecule has 5 nitrogen and oxygen atoms in total. The van der Waals surface area contributed by atoms with Gasteiger partial charge < -0.3 is 10.5 Å². The summed E-state index contributed by atoms with van der Waals surface area (Å²) in [6.07, 6.45) is 0. The highest BCUT2D eigenvalue weighted by Gasteiger charge is 2.40. The molecule has 1 saturated heterocycles. The Kier molecular flexibility index (Phi) is 3.92. The minimum Gasteiger partial charge on any atom is -0.398 e. The van der Waals surface area contributed by atoms with E-state index in [1.54, 1.807) is 12.1 Å². The highest BCUT2D eigenvalue weighted by molar-refractivity contribution is 9.10. The summed E-state index contributed by atoms with van der Waals surface area (Å²) in [4.78, 5) is 0.136. The van der Waals surface area contributed by atoms with Gasteiger partial charge in [0, 0.05) is 11.0 Å². The molecule has 1 heterocycles. The molecule has 0 bridgehead atoms. The molecule has 0 saturated carbocycles. The first-order valence-electron chi connectivity index (χ1n) is 5.91. The van der Waals surface area contributed by atoms with Gasteiger partial charge in [-0.25, -0.2) is 8.42 Å². The highest BCUT2D eigenvalue weighted by Crippen LogP contribution is 2.31. The molecule has 0 atom stereocenters. The molecule has 0 amide bonds. The first-order chi connectivity index (χ1) is 8.75. The Morgan fingerprint density at radius 2 is 2.11 bits per heavy atom. The van der Waals surface area contributed by atoms with Crippen molar-refractivity contribution in [3.63, 3.8) is 0 Å². The lowest BCUT2D eigenvalue weighted by Crippen LogP contribution is -2.55. The largest absolute Gasteiger partial charge is 0.398 e. The van der Waals surface area contributed by atoms with Crippen LogP contribution in [0.2, 0.25) is 0 Å². The van der Waals surface area contributed by atoms with E-state index in [0.29, 0.717) is 24.2 Å². The lowest BCUT2D eigenvalue weighted by atomic mass is 10.1. The van der Waals surface area contributed by atoms with E-state index in [4.69, 9.17) is 10.5 Å². The molecule has 106 valence electrons. The Bertz CT molecular complexity index is 587. The number of anilines is 1. The number of hydrogen-bond acceptors (Lipinski definition) is 4. The van der Waals surface area contributed by atoms with Gasteiger partial charge in [0.05, 0.1) is 24.4 Å². The third-order valence-electron chi connectivity index (χ3n) is 3.11. The molecule has 0 spiro atoms. The number of morpholine rings is 1. The third kappa shape index (κ3) is 2.79. The van der Waals surface area contributed by atoms with Gasteiger partial charge in [-0.1, -0.05) is 15.9 Å². The van der Waals surface area contributed by atoms with E-state index < -0.39 is 15.6 Å². The van der Waals surface area contributed by atoms with Gasteiger partial charge in [-0.2, -0.15) is 4.31 Å². The smallest absolute Gasteiger partial charge is 0.245 e. The zero-order valence-corrected chi connectivity index (χ0v) is 13.3. The summed E-state index contributed by atoms with van der Waals surface area (Å²) in [5.74, 6) is 0. The number of nitrogens with two attached hydrogens (primary N) is 1. The quantitative estimate of drug-likeness (QED) is 0.827. The minimum atomic E-state index is -3.62. The summed E-state index contributed by atoms with van der Waals surface area (Å²) in [5.41, 5.74) is 5.49. The first-order valence-corrected chi connectivity index (χ1v) is 8.14. The second-order valence-corrected chi connectivity index (χ2v) is 7.87. The van der Waals surface area contributed by atoms with E-state index in [-0.39, 0.29) is 10.6 Å². The van der Waals surface area contributed by atoms with Crippen LogP contribution >= 0.6 is 15.9 Å². The topological polar surface area (TPSA) is 72.6 Å². The van der Waals surface area contributed by atoms with Gasteiger partial charge in [0.2, 0.25) is 10.0 Å². The number of hydrogen-bond donors (Lipinski definition) is 1. The van der Waals surface area contributed by atoms with Crippen LogP contribution in [0.1, 0.15) is 13.8 Å². The average Bonchev–Trinajstić information content (AvgIpc) is 2.31. The average molecular weight is 349 g/mol. The monoisotopic (exact) mass is 348 g/mol. The minimum absolute atomic E-state index is 0.136. The summed E-state index contributed by atoms with van der Waals surface area (Å²) < 4.78 is 33.0. The van der Waals surface area contributed by atoms with Crippen molar-refractivity contribution in [1.29, 1.82) is 0 Å². The fraction of sp³-hybridized carbons (Fsp3) is 0.500. The normalized spacial score (nSPS) is 20.4. The maximum atomic E-state index is 12.7. The van der Waals surface area contributed by atoms with E-state index >= 15 is 0 Å². The van der Waals surface area contributed by atoms with Crippen LogP contribution < -0.4 is 5.73 Å². The maximum absolute atomic E-state index is 12.7. The van der Waals surface area contributed by atoms with E-state index in [9.17, 15) is 8.42 Å². The van der Waals surface area contributed by atoms with Crippen molar-refractivity contribution in [2.45, 2.75) is 24.3 Å². The molecule has 7 heteroatoms. The third-order valence-corrected chi connectivity index (χ3v) is 5.77. The molecular weight excluding hydrogens is 332 g/mol. The van der Waals surface area contributed by atoms with E-state index in [0.717, 1.165) is 0 Å². The van der Waals surface area contributed by atoms with Crippen LogP contribution in [0.4, 0.5) is 5.69 Å². The molecule has 2 rings (SSSR count). The molecule has 1 aromatic rings. The Morgan fingerprint density at radius 3 is 2.74 bits per heavy atom. The van der Waals surface area contributed by atoms with Crippen molar-refractivity contribution in [2.75, 3.05) is 25.5 Å². The SMILES string of the molecule is CC1(C)COCCN1S(=O)(=O)c1cc(Br)ccc1N. The van der Waals surface area contributed by atoms with Crippen molar-refractivity contribution in [3.05, 3.63) is 22.7 Å². The number of nitrogen functional groups attached to an aromatic ring is 1. The summed E-state index contributed by atoms with van der Waals surface area (Å²) in [5, 5.41) is 0. The van der Waals surface area contributed by atoms with Gasteiger partial charge in [-0.05, 0) is 32.0 Å². The van der Waals surface area contributed by atoms with Gasteiger partial charge in [-0.15, -0.1) is 0 Å². The van der Waals surface area contributed by atoms with Crippen LogP contribution in [0.15, 0.2) is 27.6 Å². The molecule has 1 aromatic carbocycles. The zero-order chi connectivity index (χ0) is 14.3. The standard InChI is InChI=1S/C12H17BrN2O3S/c1-12(2)8-18-6-5-15(12)19(16,17)11-7-9(13)3-4-10(11)14/h3-4,7H,5-6,8,14H2,1-2H3. The molecule has 0 radical (unpaired) electrons. The van der Waals surface area contributed by atoms with Gasteiger partial charge in [0.15, 0.2) is 0 Å². The molecular formula is C12H17BrN2O3S. The molecule has 0 aromatic heterocycles. The summed E-state index contributed by atoms with van der Waals surface area (Å²) >= 11 is 3.28. The van der Waals surface area contributed by atoms with Crippen molar-refractivity contribution in [1.82, 2.24) is 4.31 Å². The van der Waals surface area contributed by atoms with E-state index in [2.05, 4.69) is 15.9 Å². The molecule has 2 N–H and O–H groups in total. The zero-order valence-electron chi connectivity index (χ0n) is 10.9. The Morgan fingerprint density at radius 1 is 1.42 bits per heavy atom. The number of nitrogens with zero attached hydrogens (tertiary/aromatic N) is 1. The van der Waals surface area contributed by atoms with Crippen LogP contribution in [0, 0.1) is 0 Å². The molecule has 1 aliphatic rings. The number of benzene rings is 1. The van der Waals surface area contributed by atoms with Gasteiger partial charge in [0.25, 0.3) is 0 Å².